The summed E-state index contributed by atoms with van der Waals surface area (Å²) in [6.07, 6.45) is 4.21. The second-order valence-electron chi connectivity index (χ2n) is 6.90. The van der Waals surface area contributed by atoms with Gasteiger partial charge in [0.2, 0.25) is 11.8 Å². The smallest absolute Gasteiger partial charge is 0.225 e. The molecule has 3 rings (SSSR count). The van der Waals surface area contributed by atoms with Crippen LogP contribution in [0.2, 0.25) is 0 Å². The number of ether oxygens (including phenoxy) is 1. The van der Waals surface area contributed by atoms with Crippen molar-refractivity contribution in [2.75, 3.05) is 33.4 Å². The van der Waals surface area contributed by atoms with E-state index < -0.39 is 0 Å². The monoisotopic (exact) mass is 331 g/mol. The highest BCUT2D eigenvalue weighted by Crippen LogP contribution is 2.47. The highest BCUT2D eigenvalue weighted by molar-refractivity contribution is 5.89. The van der Waals surface area contributed by atoms with Gasteiger partial charge < -0.3 is 15.0 Å². The molecule has 6 nitrogen and oxygen atoms in total. The number of carbonyl (C=O) groups excluding carboxylic acids is 2. The van der Waals surface area contributed by atoms with Gasteiger partial charge in [-0.2, -0.15) is 0 Å². The van der Waals surface area contributed by atoms with Gasteiger partial charge in [0.25, 0.3) is 0 Å². The Labute approximate surface area is 142 Å². The summed E-state index contributed by atoms with van der Waals surface area (Å²) in [5, 5.41) is 3.06. The molecule has 2 aliphatic rings. The SMILES string of the molecule is COCCN1CC(C(=O)NCC2(c3ncccc3C)CC2)CC1=O. The Bertz CT molecular complexity index is 628. The Kier molecular flexibility index (Phi) is 4.85. The molecule has 130 valence electrons. The molecular formula is C18H25N3O3. The summed E-state index contributed by atoms with van der Waals surface area (Å²) in [7, 11) is 1.61. The number of methoxy groups -OCH3 is 1. The lowest BCUT2D eigenvalue weighted by Crippen LogP contribution is -2.38. The predicted octanol–water partition coefficient (Wildman–Crippen LogP) is 1.03. The number of nitrogens with one attached hydrogen (secondary N) is 1. The number of hydrogen-bond acceptors (Lipinski definition) is 4. The van der Waals surface area contributed by atoms with Crippen molar-refractivity contribution in [2.45, 2.75) is 31.6 Å². The van der Waals surface area contributed by atoms with Gasteiger partial charge in [-0.25, -0.2) is 0 Å². The van der Waals surface area contributed by atoms with Crippen molar-refractivity contribution in [2.24, 2.45) is 5.92 Å². The average molecular weight is 331 g/mol. The van der Waals surface area contributed by atoms with Crippen LogP contribution < -0.4 is 5.32 Å². The van der Waals surface area contributed by atoms with Crippen molar-refractivity contribution in [3.63, 3.8) is 0 Å². The van der Waals surface area contributed by atoms with Crippen molar-refractivity contribution in [1.82, 2.24) is 15.2 Å². The third kappa shape index (κ3) is 3.43. The maximum atomic E-state index is 12.5. The molecule has 1 unspecified atom stereocenters. The molecule has 1 aromatic rings. The van der Waals surface area contributed by atoms with Crippen molar-refractivity contribution < 1.29 is 14.3 Å². The molecule has 24 heavy (non-hydrogen) atoms. The molecule has 1 aliphatic carbocycles. The zero-order valence-electron chi connectivity index (χ0n) is 14.4. The quantitative estimate of drug-likeness (QED) is 0.810. The van der Waals surface area contributed by atoms with Gasteiger partial charge in [0, 0.05) is 44.8 Å². The average Bonchev–Trinajstić information content (AvgIpc) is 3.27. The van der Waals surface area contributed by atoms with Gasteiger partial charge in [0.1, 0.15) is 0 Å². The fourth-order valence-corrected chi connectivity index (χ4v) is 3.46. The first-order valence-corrected chi connectivity index (χ1v) is 8.52. The topological polar surface area (TPSA) is 71.5 Å². The Morgan fingerprint density at radius 2 is 2.29 bits per heavy atom. The van der Waals surface area contributed by atoms with E-state index in [0.717, 1.165) is 18.5 Å². The molecule has 0 bridgehead atoms. The molecule has 1 saturated heterocycles. The first kappa shape index (κ1) is 16.9. The van der Waals surface area contributed by atoms with Gasteiger partial charge in [0.15, 0.2) is 0 Å². The van der Waals surface area contributed by atoms with Crippen LogP contribution in [0, 0.1) is 12.8 Å². The molecular weight excluding hydrogens is 306 g/mol. The number of rotatable bonds is 7. The number of nitrogens with zero attached hydrogens (tertiary/aromatic N) is 2. The molecule has 0 spiro atoms. The van der Waals surface area contributed by atoms with Crippen LogP contribution in [-0.4, -0.2) is 55.0 Å². The number of likely N-dealkylation sites (tertiary alicyclic amines) is 1. The van der Waals surface area contributed by atoms with Crippen LogP contribution in [0.15, 0.2) is 18.3 Å². The molecule has 0 radical (unpaired) electrons. The lowest BCUT2D eigenvalue weighted by Gasteiger charge is -2.19. The van der Waals surface area contributed by atoms with Gasteiger partial charge in [0.05, 0.1) is 18.2 Å². The number of amides is 2. The standard InChI is InChI=1S/C18H25N3O3/c1-13-4-3-7-19-16(13)18(5-6-18)12-20-17(23)14-10-15(22)21(11-14)8-9-24-2/h3-4,7,14H,5-6,8-12H2,1-2H3,(H,20,23). The van der Waals surface area contributed by atoms with Crippen LogP contribution in [0.25, 0.3) is 0 Å². The summed E-state index contributed by atoms with van der Waals surface area (Å²) in [6.45, 7) is 4.21. The van der Waals surface area contributed by atoms with Crippen LogP contribution in [0.4, 0.5) is 0 Å². The van der Waals surface area contributed by atoms with Crippen LogP contribution in [0.1, 0.15) is 30.5 Å². The fourth-order valence-electron chi connectivity index (χ4n) is 3.46. The van der Waals surface area contributed by atoms with Gasteiger partial charge in [-0.15, -0.1) is 0 Å². The predicted molar refractivity (Wildman–Crippen MR) is 89.5 cm³/mol. The second kappa shape index (κ2) is 6.89. The normalized spacial score (nSPS) is 21.8. The van der Waals surface area contributed by atoms with E-state index in [4.69, 9.17) is 4.74 Å². The van der Waals surface area contributed by atoms with E-state index in [9.17, 15) is 9.59 Å². The van der Waals surface area contributed by atoms with Crippen LogP contribution in [0.3, 0.4) is 0 Å². The minimum atomic E-state index is -0.255. The molecule has 6 heteroatoms. The number of aromatic nitrogens is 1. The van der Waals surface area contributed by atoms with Crippen molar-refractivity contribution in [3.05, 3.63) is 29.6 Å². The summed E-state index contributed by atoms with van der Waals surface area (Å²) in [4.78, 5) is 30.6. The zero-order valence-corrected chi connectivity index (χ0v) is 14.4. The number of aryl methyl sites for hydroxylation is 1. The van der Waals surface area contributed by atoms with E-state index in [2.05, 4.69) is 23.3 Å². The van der Waals surface area contributed by atoms with Crippen molar-refractivity contribution >= 4 is 11.8 Å². The summed E-state index contributed by atoms with van der Waals surface area (Å²) in [6, 6.07) is 4.00. The minimum absolute atomic E-state index is 0.0145. The molecule has 1 aromatic heterocycles. The zero-order chi connectivity index (χ0) is 17.2. The summed E-state index contributed by atoms with van der Waals surface area (Å²) < 4.78 is 5.01. The lowest BCUT2D eigenvalue weighted by atomic mass is 9.97. The van der Waals surface area contributed by atoms with E-state index in [0.29, 0.717) is 32.7 Å². The third-order valence-electron chi connectivity index (χ3n) is 5.12. The van der Waals surface area contributed by atoms with E-state index in [1.54, 1.807) is 12.0 Å². The largest absolute Gasteiger partial charge is 0.383 e. The molecule has 2 amide bonds. The number of carbonyl (C=O) groups is 2. The first-order valence-electron chi connectivity index (χ1n) is 8.52. The van der Waals surface area contributed by atoms with Crippen LogP contribution in [-0.2, 0) is 19.7 Å². The van der Waals surface area contributed by atoms with E-state index in [1.165, 1.54) is 5.56 Å². The number of hydrogen-bond donors (Lipinski definition) is 1. The van der Waals surface area contributed by atoms with Gasteiger partial charge >= 0.3 is 0 Å². The molecule has 2 fully saturated rings. The van der Waals surface area contributed by atoms with Gasteiger partial charge in [-0.1, -0.05) is 6.07 Å². The Hall–Kier alpha value is -1.95. The highest BCUT2D eigenvalue weighted by Gasteiger charge is 2.47. The molecule has 1 saturated carbocycles. The van der Waals surface area contributed by atoms with Crippen LogP contribution in [0.5, 0.6) is 0 Å². The van der Waals surface area contributed by atoms with Crippen molar-refractivity contribution in [1.29, 1.82) is 0 Å². The fraction of sp³-hybridized carbons (Fsp3) is 0.611. The van der Waals surface area contributed by atoms with Crippen molar-refractivity contribution in [3.8, 4) is 0 Å². The van der Waals surface area contributed by atoms with E-state index in [1.807, 2.05) is 12.3 Å². The van der Waals surface area contributed by atoms with Gasteiger partial charge in [-0.05, 0) is 31.4 Å². The molecule has 1 N–H and O–H groups in total. The minimum Gasteiger partial charge on any atom is -0.383 e. The highest BCUT2D eigenvalue weighted by atomic mass is 16.5. The van der Waals surface area contributed by atoms with Gasteiger partial charge in [-0.3, -0.25) is 14.6 Å². The number of pyridine rings is 1. The Balaban J connectivity index is 1.55. The molecule has 1 atom stereocenters. The summed E-state index contributed by atoms with van der Waals surface area (Å²) >= 11 is 0. The van der Waals surface area contributed by atoms with E-state index in [-0.39, 0.29) is 23.1 Å². The molecule has 0 aromatic carbocycles. The summed E-state index contributed by atoms with van der Waals surface area (Å²) in [5.74, 6) is -0.244. The molecule has 1 aliphatic heterocycles. The van der Waals surface area contributed by atoms with E-state index >= 15 is 0 Å². The Morgan fingerprint density at radius 1 is 1.50 bits per heavy atom. The van der Waals surface area contributed by atoms with Crippen LogP contribution >= 0.6 is 0 Å². The third-order valence-corrected chi connectivity index (χ3v) is 5.12. The lowest BCUT2D eigenvalue weighted by molar-refractivity contribution is -0.129. The first-order chi connectivity index (χ1) is 11.6. The Morgan fingerprint density at radius 3 is 2.96 bits per heavy atom. The summed E-state index contributed by atoms with van der Waals surface area (Å²) in [5.41, 5.74) is 2.25. The molecule has 2 heterocycles. The second-order valence-corrected chi connectivity index (χ2v) is 6.90. The maximum absolute atomic E-state index is 12.5. The maximum Gasteiger partial charge on any atom is 0.225 e.